The molecule has 0 unspecified atom stereocenters. The lowest BCUT2D eigenvalue weighted by Gasteiger charge is -2.20. The Kier molecular flexibility index (Phi) is 5.08. The third-order valence-electron chi connectivity index (χ3n) is 2.55. The van der Waals surface area contributed by atoms with Crippen LogP contribution in [-0.2, 0) is 4.74 Å². The largest absolute Gasteiger partial charge is 0.456 e. The highest BCUT2D eigenvalue weighted by Crippen LogP contribution is 2.32. The summed E-state index contributed by atoms with van der Waals surface area (Å²) >= 11 is 3.43. The second kappa shape index (κ2) is 6.83. The summed E-state index contributed by atoms with van der Waals surface area (Å²) in [6.45, 7) is 5.45. The van der Waals surface area contributed by atoms with E-state index in [1.807, 2.05) is 57.2 Å². The van der Waals surface area contributed by atoms with Crippen LogP contribution in [0, 0.1) is 0 Å². The molecule has 22 heavy (non-hydrogen) atoms. The number of amides is 1. The van der Waals surface area contributed by atoms with Crippen molar-refractivity contribution in [2.75, 3.05) is 5.32 Å². The number of anilines is 1. The number of halogens is 1. The Hall–Kier alpha value is -2.01. The van der Waals surface area contributed by atoms with Gasteiger partial charge in [0.1, 0.15) is 17.1 Å². The molecule has 0 fully saturated rings. The average Bonchev–Trinajstić information content (AvgIpc) is 2.41. The van der Waals surface area contributed by atoms with E-state index in [2.05, 4.69) is 21.2 Å². The maximum Gasteiger partial charge on any atom is 0.412 e. The fourth-order valence-electron chi connectivity index (χ4n) is 1.70. The van der Waals surface area contributed by atoms with Gasteiger partial charge in [-0.3, -0.25) is 5.32 Å². The van der Waals surface area contributed by atoms with Crippen LogP contribution >= 0.6 is 15.9 Å². The van der Waals surface area contributed by atoms with Gasteiger partial charge < -0.3 is 9.47 Å². The topological polar surface area (TPSA) is 47.6 Å². The van der Waals surface area contributed by atoms with Gasteiger partial charge in [-0.05, 0) is 61.0 Å². The van der Waals surface area contributed by atoms with Crippen molar-refractivity contribution in [3.05, 3.63) is 53.0 Å². The van der Waals surface area contributed by atoms with E-state index in [1.54, 1.807) is 12.1 Å². The van der Waals surface area contributed by atoms with Gasteiger partial charge >= 0.3 is 6.09 Å². The third kappa shape index (κ3) is 5.07. The van der Waals surface area contributed by atoms with Gasteiger partial charge in [0.25, 0.3) is 0 Å². The predicted octanol–water partition coefficient (Wildman–Crippen LogP) is 5.59. The molecule has 0 aliphatic rings. The Morgan fingerprint density at radius 2 is 1.77 bits per heavy atom. The molecule has 0 atom stereocenters. The zero-order chi connectivity index (χ0) is 16.2. The minimum Gasteiger partial charge on any atom is -0.456 e. The fraction of sp³-hybridized carbons (Fsp3) is 0.235. The van der Waals surface area contributed by atoms with E-state index in [4.69, 9.17) is 9.47 Å². The number of hydrogen-bond acceptors (Lipinski definition) is 3. The van der Waals surface area contributed by atoms with Gasteiger partial charge in [0, 0.05) is 11.8 Å². The first-order chi connectivity index (χ1) is 10.3. The molecule has 0 saturated carbocycles. The van der Waals surface area contributed by atoms with E-state index in [-0.39, 0.29) is 0 Å². The number of rotatable bonds is 3. The smallest absolute Gasteiger partial charge is 0.412 e. The second-order valence-corrected chi connectivity index (χ2v) is 6.54. The first-order valence-corrected chi connectivity index (χ1v) is 7.65. The highest BCUT2D eigenvalue weighted by molar-refractivity contribution is 9.10. The van der Waals surface area contributed by atoms with Crippen LogP contribution in [0.5, 0.6) is 11.5 Å². The number of carbonyl (C=O) groups excluding carboxylic acids is 1. The maximum absolute atomic E-state index is 11.8. The van der Waals surface area contributed by atoms with Crippen molar-refractivity contribution in [3.8, 4) is 11.5 Å². The summed E-state index contributed by atoms with van der Waals surface area (Å²) in [4.78, 5) is 11.8. The molecule has 0 spiro atoms. The molecule has 2 rings (SSSR count). The van der Waals surface area contributed by atoms with Crippen molar-refractivity contribution in [2.24, 2.45) is 0 Å². The number of para-hydroxylation sites is 1. The lowest BCUT2D eigenvalue weighted by molar-refractivity contribution is 0.0636. The number of carbonyl (C=O) groups is 1. The first-order valence-electron chi connectivity index (χ1n) is 6.86. The van der Waals surface area contributed by atoms with Crippen molar-refractivity contribution < 1.29 is 14.3 Å². The molecule has 0 bridgehead atoms. The van der Waals surface area contributed by atoms with E-state index < -0.39 is 11.7 Å². The van der Waals surface area contributed by atoms with Crippen molar-refractivity contribution >= 4 is 27.7 Å². The van der Waals surface area contributed by atoms with E-state index in [0.717, 1.165) is 10.2 Å². The van der Waals surface area contributed by atoms with Crippen molar-refractivity contribution in [1.82, 2.24) is 0 Å². The van der Waals surface area contributed by atoms with E-state index in [1.165, 1.54) is 0 Å². The Bertz CT molecular complexity index is 651. The van der Waals surface area contributed by atoms with E-state index in [0.29, 0.717) is 11.4 Å². The highest BCUT2D eigenvalue weighted by atomic mass is 79.9. The first kappa shape index (κ1) is 16.4. The van der Waals surface area contributed by atoms with E-state index in [9.17, 15) is 4.79 Å². The van der Waals surface area contributed by atoms with Crippen LogP contribution in [0.15, 0.2) is 53.0 Å². The molecule has 2 aromatic rings. The molecule has 2 aromatic carbocycles. The Morgan fingerprint density at radius 1 is 1.09 bits per heavy atom. The van der Waals surface area contributed by atoms with Crippen molar-refractivity contribution in [3.63, 3.8) is 0 Å². The van der Waals surface area contributed by atoms with Crippen LogP contribution in [-0.4, -0.2) is 11.7 Å². The molecule has 4 nitrogen and oxygen atoms in total. The van der Waals surface area contributed by atoms with Crippen LogP contribution < -0.4 is 10.1 Å². The lowest BCUT2D eigenvalue weighted by atomic mass is 10.2. The van der Waals surface area contributed by atoms with Crippen LogP contribution in [0.1, 0.15) is 20.8 Å². The van der Waals surface area contributed by atoms with E-state index >= 15 is 0 Å². The van der Waals surface area contributed by atoms with Crippen molar-refractivity contribution in [2.45, 2.75) is 26.4 Å². The lowest BCUT2D eigenvalue weighted by Crippen LogP contribution is -2.27. The summed E-state index contributed by atoms with van der Waals surface area (Å²) in [5, 5.41) is 2.69. The Labute approximate surface area is 138 Å². The van der Waals surface area contributed by atoms with Gasteiger partial charge in [-0.15, -0.1) is 0 Å². The number of ether oxygens (including phenoxy) is 2. The zero-order valence-electron chi connectivity index (χ0n) is 12.7. The molecular weight excluding hydrogens is 346 g/mol. The molecule has 0 heterocycles. The Morgan fingerprint density at radius 3 is 2.41 bits per heavy atom. The quantitative estimate of drug-likeness (QED) is 0.773. The van der Waals surface area contributed by atoms with Crippen LogP contribution in [0.3, 0.4) is 0 Å². The molecule has 0 aliphatic carbocycles. The van der Waals surface area contributed by atoms with Gasteiger partial charge in [-0.25, -0.2) is 4.79 Å². The molecule has 0 aromatic heterocycles. The SMILES string of the molecule is CC(C)(C)OC(=O)Nc1ccc(Br)c(Oc2ccccc2)c1. The summed E-state index contributed by atoms with van der Waals surface area (Å²) in [5.74, 6) is 1.33. The summed E-state index contributed by atoms with van der Waals surface area (Å²) in [6.07, 6.45) is -0.500. The summed E-state index contributed by atoms with van der Waals surface area (Å²) < 4.78 is 11.8. The van der Waals surface area contributed by atoms with Gasteiger partial charge in [-0.2, -0.15) is 0 Å². The summed E-state index contributed by atoms with van der Waals surface area (Å²) in [5.41, 5.74) is 0.0615. The normalized spacial score (nSPS) is 10.9. The zero-order valence-corrected chi connectivity index (χ0v) is 14.3. The molecule has 1 amide bonds. The van der Waals surface area contributed by atoms with Gasteiger partial charge in [-0.1, -0.05) is 18.2 Å². The highest BCUT2D eigenvalue weighted by Gasteiger charge is 2.16. The number of benzene rings is 2. The minimum absolute atomic E-state index is 0.500. The molecule has 116 valence electrons. The van der Waals surface area contributed by atoms with Crippen molar-refractivity contribution in [1.29, 1.82) is 0 Å². The second-order valence-electron chi connectivity index (χ2n) is 5.69. The fourth-order valence-corrected chi connectivity index (χ4v) is 2.02. The number of nitrogens with one attached hydrogen (secondary N) is 1. The summed E-state index contributed by atoms with van der Waals surface area (Å²) in [6, 6.07) is 14.7. The van der Waals surface area contributed by atoms with Gasteiger partial charge in [0.05, 0.1) is 4.47 Å². The molecule has 1 N–H and O–H groups in total. The monoisotopic (exact) mass is 363 g/mol. The molecular formula is C17H18BrNO3. The minimum atomic E-state index is -0.539. The molecule has 5 heteroatoms. The standard InChI is InChI=1S/C17H18BrNO3/c1-17(2,3)22-16(20)19-12-9-10-14(18)15(11-12)21-13-7-5-4-6-8-13/h4-11H,1-3H3,(H,19,20). The van der Waals surface area contributed by atoms with Crippen LogP contribution in [0.2, 0.25) is 0 Å². The molecule has 0 aliphatic heterocycles. The molecule has 0 radical (unpaired) electrons. The predicted molar refractivity (Wildman–Crippen MR) is 90.5 cm³/mol. The van der Waals surface area contributed by atoms with Crippen LogP contribution in [0.4, 0.5) is 10.5 Å². The van der Waals surface area contributed by atoms with Gasteiger partial charge in [0.15, 0.2) is 0 Å². The van der Waals surface area contributed by atoms with Gasteiger partial charge in [0.2, 0.25) is 0 Å². The Balaban J connectivity index is 2.11. The third-order valence-corrected chi connectivity index (χ3v) is 3.20. The average molecular weight is 364 g/mol. The molecule has 0 saturated heterocycles. The maximum atomic E-state index is 11.8. The summed E-state index contributed by atoms with van der Waals surface area (Å²) in [7, 11) is 0. The van der Waals surface area contributed by atoms with Crippen LogP contribution in [0.25, 0.3) is 0 Å². The number of hydrogen-bond donors (Lipinski definition) is 1.